The predicted octanol–water partition coefficient (Wildman–Crippen LogP) is 1.59. The summed E-state index contributed by atoms with van der Waals surface area (Å²) in [5.74, 6) is -3.49. The molecule has 52 heavy (non-hydrogen) atoms. The van der Waals surface area contributed by atoms with E-state index in [0.29, 0.717) is 12.8 Å². The lowest BCUT2D eigenvalue weighted by atomic mass is 10.0. The molecule has 4 atom stereocenters. The Morgan fingerprint density at radius 2 is 0.904 bits per heavy atom. The number of aryl methyl sites for hydroxylation is 2. The normalized spacial score (nSPS) is 18.2. The Hall–Kier alpha value is -4.50. The molecule has 0 radical (unpaired) electrons. The number of ether oxygens (including phenoxy) is 2. The van der Waals surface area contributed by atoms with Crippen molar-refractivity contribution < 1.29 is 38.2 Å². The van der Waals surface area contributed by atoms with Gasteiger partial charge in [-0.15, -0.1) is 0 Å². The first kappa shape index (κ1) is 40.3. The van der Waals surface area contributed by atoms with Gasteiger partial charge in [0.1, 0.15) is 12.1 Å². The number of amides is 4. The van der Waals surface area contributed by atoms with Gasteiger partial charge in [0.25, 0.3) is 0 Å². The van der Waals surface area contributed by atoms with Crippen molar-refractivity contribution in [3.8, 4) is 0 Å². The van der Waals surface area contributed by atoms with Gasteiger partial charge in [-0.05, 0) is 63.5 Å². The number of hydrogen-bond donors (Lipinski definition) is 2. The maximum atomic E-state index is 13.0. The van der Waals surface area contributed by atoms with Gasteiger partial charge in [0, 0.05) is 12.1 Å². The molecule has 4 N–H and O–H groups in total. The quantitative estimate of drug-likeness (QED) is 0.122. The van der Waals surface area contributed by atoms with Crippen molar-refractivity contribution >= 4 is 35.6 Å². The molecule has 2 aromatic rings. The maximum Gasteiger partial charge on any atom is 0.324 e. The molecule has 282 valence electrons. The average Bonchev–Trinajstić information content (AvgIpc) is 3.14. The fourth-order valence-electron chi connectivity index (χ4n) is 6.28. The van der Waals surface area contributed by atoms with Crippen LogP contribution in [0.1, 0.15) is 63.5 Å². The van der Waals surface area contributed by atoms with Gasteiger partial charge < -0.3 is 20.9 Å². The van der Waals surface area contributed by atoms with Crippen LogP contribution in [0.25, 0.3) is 0 Å². The molecule has 2 aromatic carbocycles. The number of imide groups is 2. The molecule has 2 heterocycles. The molecule has 14 nitrogen and oxygen atoms in total. The minimum Gasteiger partial charge on any atom is -0.443 e. The fraction of sp³-hybridized carbons (Fsp3) is 0.526. The van der Waals surface area contributed by atoms with Gasteiger partial charge in [-0.2, -0.15) is 0 Å². The Balaban J connectivity index is 1.15. The Morgan fingerprint density at radius 1 is 0.577 bits per heavy atom. The van der Waals surface area contributed by atoms with E-state index in [1.807, 2.05) is 74.5 Å². The number of esters is 2. The number of nitrogens with zero attached hydrogens (tertiary/aromatic N) is 4. The van der Waals surface area contributed by atoms with E-state index >= 15 is 0 Å². The molecule has 0 aliphatic carbocycles. The van der Waals surface area contributed by atoms with Crippen LogP contribution < -0.4 is 11.5 Å². The second-order valence-corrected chi connectivity index (χ2v) is 13.6. The SMILES string of the molecule is CC(C(C)N1CC(=O)N(COC(=O)C(N)CCCCc2ccccc2)C(=O)C1)N1CC(=O)N(COC(=O)C(N)CCCCc2ccccc2)C(=O)C1. The summed E-state index contributed by atoms with van der Waals surface area (Å²) < 4.78 is 10.5. The van der Waals surface area contributed by atoms with Crippen molar-refractivity contribution in [3.63, 3.8) is 0 Å². The topological polar surface area (TPSA) is 186 Å². The third-order valence-corrected chi connectivity index (χ3v) is 9.83. The molecule has 4 amide bonds. The molecule has 2 saturated heterocycles. The van der Waals surface area contributed by atoms with Gasteiger partial charge >= 0.3 is 11.9 Å². The van der Waals surface area contributed by atoms with Crippen LogP contribution in [0.15, 0.2) is 60.7 Å². The summed E-state index contributed by atoms with van der Waals surface area (Å²) in [5.41, 5.74) is 14.4. The molecule has 0 saturated carbocycles. The molecule has 4 rings (SSSR count). The minimum atomic E-state index is -0.862. The lowest BCUT2D eigenvalue weighted by Crippen LogP contribution is -2.63. The molecule has 0 spiro atoms. The number of nitrogens with two attached hydrogens (primary N) is 2. The van der Waals surface area contributed by atoms with E-state index in [-0.39, 0.29) is 26.2 Å². The number of unbranched alkanes of at least 4 members (excludes halogenated alkanes) is 2. The highest BCUT2D eigenvalue weighted by molar-refractivity contribution is 6.00. The van der Waals surface area contributed by atoms with Crippen LogP contribution in [-0.2, 0) is 51.1 Å². The van der Waals surface area contributed by atoms with Gasteiger partial charge in [-0.3, -0.25) is 38.6 Å². The molecule has 0 aromatic heterocycles. The lowest BCUT2D eigenvalue weighted by Gasteiger charge is -2.43. The van der Waals surface area contributed by atoms with Crippen molar-refractivity contribution in [2.45, 2.75) is 89.4 Å². The van der Waals surface area contributed by atoms with Crippen LogP contribution in [0.3, 0.4) is 0 Å². The van der Waals surface area contributed by atoms with E-state index in [2.05, 4.69) is 0 Å². The third-order valence-electron chi connectivity index (χ3n) is 9.83. The Kier molecular flexibility index (Phi) is 15.4. The maximum absolute atomic E-state index is 13.0. The number of carbonyl (C=O) groups is 6. The van der Waals surface area contributed by atoms with Crippen LogP contribution in [0.4, 0.5) is 0 Å². The Morgan fingerprint density at radius 3 is 1.23 bits per heavy atom. The molecule has 2 aliphatic rings. The summed E-state index contributed by atoms with van der Waals surface area (Å²) in [6.45, 7) is 2.11. The van der Waals surface area contributed by atoms with Gasteiger partial charge in [0.2, 0.25) is 23.6 Å². The van der Waals surface area contributed by atoms with Crippen LogP contribution in [0, 0.1) is 0 Å². The molecule has 0 bridgehead atoms. The highest BCUT2D eigenvalue weighted by atomic mass is 16.6. The number of piperazine rings is 2. The number of hydrogen-bond acceptors (Lipinski definition) is 12. The highest BCUT2D eigenvalue weighted by Crippen LogP contribution is 2.19. The number of benzene rings is 2. The van der Waals surface area contributed by atoms with Crippen molar-refractivity contribution in [3.05, 3.63) is 71.8 Å². The van der Waals surface area contributed by atoms with Crippen LogP contribution in [-0.4, -0.2) is 119 Å². The third kappa shape index (κ3) is 11.8. The van der Waals surface area contributed by atoms with E-state index < -0.39 is 73.2 Å². The van der Waals surface area contributed by atoms with Crippen molar-refractivity contribution in [1.29, 1.82) is 0 Å². The molecule has 4 unspecified atom stereocenters. The first-order valence-corrected chi connectivity index (χ1v) is 18.0. The molecular formula is C38H52N6O8. The molecule has 2 aliphatic heterocycles. The van der Waals surface area contributed by atoms with Crippen LogP contribution >= 0.6 is 0 Å². The van der Waals surface area contributed by atoms with Crippen LogP contribution in [0.5, 0.6) is 0 Å². The monoisotopic (exact) mass is 720 g/mol. The lowest BCUT2D eigenvalue weighted by molar-refractivity contribution is -0.169. The smallest absolute Gasteiger partial charge is 0.324 e. The summed E-state index contributed by atoms with van der Waals surface area (Å²) in [5, 5.41) is 0. The van der Waals surface area contributed by atoms with Crippen molar-refractivity contribution in [1.82, 2.24) is 19.6 Å². The van der Waals surface area contributed by atoms with Crippen LogP contribution in [0.2, 0.25) is 0 Å². The summed E-state index contributed by atoms with van der Waals surface area (Å²) in [6, 6.07) is 17.5. The summed E-state index contributed by atoms with van der Waals surface area (Å²) in [7, 11) is 0. The summed E-state index contributed by atoms with van der Waals surface area (Å²) in [6.07, 6.45) is 5.76. The van der Waals surface area contributed by atoms with E-state index in [1.54, 1.807) is 9.80 Å². The Bertz CT molecular complexity index is 1380. The number of carbonyl (C=O) groups excluding carboxylic acids is 6. The highest BCUT2D eigenvalue weighted by Gasteiger charge is 2.40. The average molecular weight is 721 g/mol. The standard InChI is InChI=1S/C38H52N6O8/c1-27(41-21-33(45)43(34(46)22-41)25-51-37(49)31(39)19-11-9-17-29-13-5-3-6-14-29)28(2)42-23-35(47)44(36(48)24-42)26-52-38(50)32(40)20-12-10-18-30-15-7-4-8-16-30/h3-8,13-16,27-28,31-32H,9-12,17-26,39-40H2,1-2H3. The molecule has 14 heteroatoms. The van der Waals surface area contributed by atoms with E-state index in [0.717, 1.165) is 48.3 Å². The zero-order valence-electron chi connectivity index (χ0n) is 30.2. The zero-order valence-corrected chi connectivity index (χ0v) is 30.2. The Labute approximate surface area is 305 Å². The summed E-state index contributed by atoms with van der Waals surface area (Å²) >= 11 is 0. The van der Waals surface area contributed by atoms with E-state index in [9.17, 15) is 28.8 Å². The second-order valence-electron chi connectivity index (χ2n) is 13.6. The first-order chi connectivity index (χ1) is 24.9. The molecule has 2 fully saturated rings. The van der Waals surface area contributed by atoms with Crippen molar-refractivity contribution in [2.24, 2.45) is 11.5 Å². The minimum absolute atomic E-state index is 0.120. The van der Waals surface area contributed by atoms with Crippen molar-refractivity contribution in [2.75, 3.05) is 39.6 Å². The predicted molar refractivity (Wildman–Crippen MR) is 192 cm³/mol. The van der Waals surface area contributed by atoms with Gasteiger partial charge in [0.05, 0.1) is 26.2 Å². The van der Waals surface area contributed by atoms with E-state index in [4.69, 9.17) is 20.9 Å². The summed E-state index contributed by atoms with van der Waals surface area (Å²) in [4.78, 5) is 81.9. The van der Waals surface area contributed by atoms with Gasteiger partial charge in [0.15, 0.2) is 13.5 Å². The second kappa shape index (κ2) is 19.9. The fourth-order valence-corrected chi connectivity index (χ4v) is 6.28. The molecular weight excluding hydrogens is 668 g/mol. The largest absolute Gasteiger partial charge is 0.443 e. The number of rotatable bonds is 19. The van der Waals surface area contributed by atoms with Gasteiger partial charge in [-0.25, -0.2) is 9.80 Å². The first-order valence-electron chi connectivity index (χ1n) is 18.0. The van der Waals surface area contributed by atoms with E-state index in [1.165, 1.54) is 11.1 Å². The van der Waals surface area contributed by atoms with Gasteiger partial charge in [-0.1, -0.05) is 73.5 Å². The zero-order chi connectivity index (χ0) is 37.6.